The number of benzene rings is 2. The van der Waals surface area contributed by atoms with Gasteiger partial charge in [-0.2, -0.15) is 0 Å². The second-order valence-electron chi connectivity index (χ2n) is 4.70. The minimum absolute atomic E-state index is 0.0312. The number of halogens is 1. The number of thioether (sulfide) groups is 1. The number of nitrogens with two attached hydrogens (primary N) is 1. The Morgan fingerprint density at radius 2 is 1.95 bits per heavy atom. The quantitative estimate of drug-likeness (QED) is 0.636. The van der Waals surface area contributed by atoms with Crippen molar-refractivity contribution in [3.8, 4) is 0 Å². The maximum absolute atomic E-state index is 11.9. The van der Waals surface area contributed by atoms with E-state index in [1.807, 2.05) is 0 Å². The van der Waals surface area contributed by atoms with Crippen LogP contribution < -0.4 is 11.1 Å². The average molecular weight is 321 g/mol. The van der Waals surface area contributed by atoms with Gasteiger partial charge in [-0.15, -0.1) is 11.8 Å². The van der Waals surface area contributed by atoms with Crippen LogP contribution in [0.1, 0.15) is 12.0 Å². The first-order valence-electron chi connectivity index (χ1n) is 6.59. The average Bonchev–Trinajstić information content (AvgIpc) is 2.45. The molecule has 0 radical (unpaired) electrons. The number of anilines is 2. The molecule has 3 N–H and O–H groups in total. The van der Waals surface area contributed by atoms with Crippen LogP contribution in [-0.2, 0) is 4.79 Å². The third-order valence-corrected chi connectivity index (χ3v) is 4.26. The van der Waals surface area contributed by atoms with E-state index in [-0.39, 0.29) is 5.91 Å². The highest BCUT2D eigenvalue weighted by molar-refractivity contribution is 7.99. The first-order chi connectivity index (χ1) is 10.0. The lowest BCUT2D eigenvalue weighted by Gasteiger charge is -2.07. The molecule has 0 aliphatic heterocycles. The predicted molar refractivity (Wildman–Crippen MR) is 91.0 cm³/mol. The van der Waals surface area contributed by atoms with Crippen molar-refractivity contribution < 1.29 is 4.79 Å². The van der Waals surface area contributed by atoms with E-state index in [4.69, 9.17) is 17.3 Å². The van der Waals surface area contributed by atoms with Gasteiger partial charge in [0.25, 0.3) is 0 Å². The van der Waals surface area contributed by atoms with E-state index in [1.165, 1.54) is 10.5 Å². The zero-order valence-corrected chi connectivity index (χ0v) is 13.3. The summed E-state index contributed by atoms with van der Waals surface area (Å²) < 4.78 is 0. The summed E-state index contributed by atoms with van der Waals surface area (Å²) in [4.78, 5) is 13.0. The molecule has 1 amide bonds. The van der Waals surface area contributed by atoms with E-state index in [0.717, 1.165) is 5.75 Å². The molecule has 0 atom stereocenters. The Labute approximate surface area is 133 Å². The number of hydrogen-bond acceptors (Lipinski definition) is 3. The van der Waals surface area contributed by atoms with Crippen LogP contribution in [0.2, 0.25) is 5.02 Å². The third-order valence-electron chi connectivity index (χ3n) is 2.90. The molecular weight excluding hydrogens is 304 g/mol. The number of amides is 1. The van der Waals surface area contributed by atoms with Crippen LogP contribution in [0, 0.1) is 6.92 Å². The lowest BCUT2D eigenvalue weighted by Crippen LogP contribution is -2.12. The lowest BCUT2D eigenvalue weighted by molar-refractivity contribution is -0.115. The van der Waals surface area contributed by atoms with Gasteiger partial charge in [-0.1, -0.05) is 29.3 Å². The summed E-state index contributed by atoms with van der Waals surface area (Å²) in [5.41, 5.74) is 8.06. The highest BCUT2D eigenvalue weighted by Crippen LogP contribution is 2.23. The van der Waals surface area contributed by atoms with Crippen molar-refractivity contribution in [3.63, 3.8) is 0 Å². The summed E-state index contributed by atoms with van der Waals surface area (Å²) in [5, 5.41) is 3.30. The van der Waals surface area contributed by atoms with Crippen LogP contribution in [0.3, 0.4) is 0 Å². The normalized spacial score (nSPS) is 10.4. The molecule has 2 aromatic carbocycles. The van der Waals surface area contributed by atoms with Gasteiger partial charge >= 0.3 is 0 Å². The molecule has 5 heteroatoms. The molecule has 0 spiro atoms. The number of aryl methyl sites for hydroxylation is 1. The minimum atomic E-state index is -0.0312. The molecule has 2 rings (SSSR count). The van der Waals surface area contributed by atoms with Gasteiger partial charge in [0.1, 0.15) is 0 Å². The van der Waals surface area contributed by atoms with Gasteiger partial charge < -0.3 is 11.1 Å². The highest BCUT2D eigenvalue weighted by Gasteiger charge is 2.04. The molecule has 0 heterocycles. The molecule has 0 bridgehead atoms. The summed E-state index contributed by atoms with van der Waals surface area (Å²) in [6, 6.07) is 13.3. The second-order valence-corrected chi connectivity index (χ2v) is 6.27. The van der Waals surface area contributed by atoms with Crippen molar-refractivity contribution in [3.05, 3.63) is 53.1 Å². The van der Waals surface area contributed by atoms with Gasteiger partial charge in [0, 0.05) is 22.8 Å². The molecular formula is C16H17ClN2OS. The molecule has 0 fully saturated rings. The second kappa shape index (κ2) is 7.38. The lowest BCUT2D eigenvalue weighted by atomic mass is 10.2. The molecule has 0 unspecified atom stereocenters. The van der Waals surface area contributed by atoms with Gasteiger partial charge in [-0.05, 0) is 37.3 Å². The molecule has 0 aliphatic rings. The molecule has 2 aromatic rings. The van der Waals surface area contributed by atoms with Crippen LogP contribution in [0.4, 0.5) is 11.4 Å². The molecule has 110 valence electrons. The Hall–Kier alpha value is -1.65. The number of hydrogen-bond donors (Lipinski definition) is 2. The van der Waals surface area contributed by atoms with Crippen molar-refractivity contribution in [1.82, 2.24) is 0 Å². The summed E-state index contributed by atoms with van der Waals surface area (Å²) in [6.45, 7) is 2.06. The SMILES string of the molecule is Cc1ccc(SCCC(=O)Nc2ccc(Cl)c(N)c2)cc1. The smallest absolute Gasteiger partial charge is 0.225 e. The van der Waals surface area contributed by atoms with Crippen LogP contribution in [0.25, 0.3) is 0 Å². The molecule has 3 nitrogen and oxygen atoms in total. The maximum atomic E-state index is 11.9. The zero-order chi connectivity index (χ0) is 15.2. The molecule has 0 saturated heterocycles. The Morgan fingerprint density at radius 1 is 1.24 bits per heavy atom. The Kier molecular flexibility index (Phi) is 5.53. The third kappa shape index (κ3) is 4.99. The summed E-state index contributed by atoms with van der Waals surface area (Å²) in [7, 11) is 0. The van der Waals surface area contributed by atoms with Crippen molar-refractivity contribution in [2.75, 3.05) is 16.8 Å². The number of nitrogen functional groups attached to an aromatic ring is 1. The largest absolute Gasteiger partial charge is 0.397 e. The van der Waals surface area contributed by atoms with Gasteiger partial charge in [0.05, 0.1) is 10.7 Å². The molecule has 21 heavy (non-hydrogen) atoms. The molecule has 0 saturated carbocycles. The minimum Gasteiger partial charge on any atom is -0.397 e. The van der Waals surface area contributed by atoms with E-state index in [1.54, 1.807) is 30.0 Å². The van der Waals surface area contributed by atoms with E-state index >= 15 is 0 Å². The zero-order valence-electron chi connectivity index (χ0n) is 11.7. The van der Waals surface area contributed by atoms with E-state index < -0.39 is 0 Å². The van der Waals surface area contributed by atoms with Crippen molar-refractivity contribution >= 4 is 40.6 Å². The van der Waals surface area contributed by atoms with Gasteiger partial charge in [-0.25, -0.2) is 0 Å². The summed E-state index contributed by atoms with van der Waals surface area (Å²) in [6.07, 6.45) is 0.446. The highest BCUT2D eigenvalue weighted by atomic mass is 35.5. The first kappa shape index (κ1) is 15.7. The number of rotatable bonds is 5. The number of carbonyl (C=O) groups is 1. The van der Waals surface area contributed by atoms with Crippen LogP contribution in [-0.4, -0.2) is 11.7 Å². The van der Waals surface area contributed by atoms with Crippen molar-refractivity contribution in [2.45, 2.75) is 18.2 Å². The number of nitrogens with one attached hydrogen (secondary N) is 1. The monoisotopic (exact) mass is 320 g/mol. The summed E-state index contributed by atoms with van der Waals surface area (Å²) in [5.74, 6) is 0.703. The fourth-order valence-electron chi connectivity index (χ4n) is 1.74. The van der Waals surface area contributed by atoms with Crippen molar-refractivity contribution in [1.29, 1.82) is 0 Å². The Morgan fingerprint density at radius 3 is 2.62 bits per heavy atom. The van der Waals surface area contributed by atoms with Crippen LogP contribution in [0.15, 0.2) is 47.4 Å². The molecule has 0 aliphatic carbocycles. The molecule has 0 aromatic heterocycles. The standard InChI is InChI=1S/C16H17ClN2OS/c1-11-2-5-13(6-3-11)21-9-8-16(20)19-12-4-7-14(17)15(18)10-12/h2-7,10H,8-9,18H2,1H3,(H,19,20). The van der Waals surface area contributed by atoms with Gasteiger partial charge in [0.2, 0.25) is 5.91 Å². The predicted octanol–water partition coefficient (Wildman–Crippen LogP) is 4.35. The van der Waals surface area contributed by atoms with E-state index in [9.17, 15) is 4.79 Å². The summed E-state index contributed by atoms with van der Waals surface area (Å²) >= 11 is 7.51. The fraction of sp³-hybridized carbons (Fsp3) is 0.188. The van der Waals surface area contributed by atoms with Crippen LogP contribution >= 0.6 is 23.4 Å². The first-order valence-corrected chi connectivity index (χ1v) is 7.95. The van der Waals surface area contributed by atoms with Crippen LogP contribution in [0.5, 0.6) is 0 Å². The fourth-order valence-corrected chi connectivity index (χ4v) is 2.71. The van der Waals surface area contributed by atoms with Gasteiger partial charge in [0.15, 0.2) is 0 Å². The Bertz CT molecular complexity index is 629. The van der Waals surface area contributed by atoms with Crippen molar-refractivity contribution in [2.24, 2.45) is 0 Å². The topological polar surface area (TPSA) is 55.1 Å². The maximum Gasteiger partial charge on any atom is 0.225 e. The van der Waals surface area contributed by atoms with Gasteiger partial charge in [-0.3, -0.25) is 4.79 Å². The van der Waals surface area contributed by atoms with E-state index in [0.29, 0.717) is 22.8 Å². The number of carbonyl (C=O) groups excluding carboxylic acids is 1. The Balaban J connectivity index is 1.79. The van der Waals surface area contributed by atoms with E-state index in [2.05, 4.69) is 36.5 Å².